The summed E-state index contributed by atoms with van der Waals surface area (Å²) in [6.45, 7) is 4.97. The third kappa shape index (κ3) is 2.30. The average molecular weight is 301 g/mol. The number of hydrogen-bond donors (Lipinski definition) is 1. The van der Waals surface area contributed by atoms with E-state index in [2.05, 4.69) is 5.32 Å². The van der Waals surface area contributed by atoms with Gasteiger partial charge in [-0.25, -0.2) is 0 Å². The summed E-state index contributed by atoms with van der Waals surface area (Å²) < 4.78 is 0. The molecule has 0 spiro atoms. The number of carbonyl (C=O) groups is 2. The van der Waals surface area contributed by atoms with Crippen molar-refractivity contribution in [2.24, 2.45) is 0 Å². The maximum Gasteiger partial charge on any atom is 0.252 e. The number of nitrogens with zero attached hydrogens (tertiary/aromatic N) is 1. The lowest BCUT2D eigenvalue weighted by atomic mass is 9.96. The van der Waals surface area contributed by atoms with Crippen LogP contribution < -0.4 is 10.2 Å². The van der Waals surface area contributed by atoms with Crippen molar-refractivity contribution in [2.75, 3.05) is 4.90 Å². The van der Waals surface area contributed by atoms with Crippen LogP contribution in [0.2, 0.25) is 10.0 Å². The van der Waals surface area contributed by atoms with Gasteiger partial charge in [0.2, 0.25) is 5.91 Å². The van der Waals surface area contributed by atoms with E-state index >= 15 is 0 Å². The molecule has 1 fully saturated rings. The molecule has 1 atom stereocenters. The summed E-state index contributed by atoms with van der Waals surface area (Å²) >= 11 is 12.1. The Morgan fingerprint density at radius 2 is 1.89 bits per heavy atom. The third-order valence-corrected chi connectivity index (χ3v) is 3.96. The second-order valence-electron chi connectivity index (χ2n) is 5.04. The molecule has 0 radical (unpaired) electrons. The Bertz CT molecular complexity index is 558. The maximum absolute atomic E-state index is 12.5. The Kier molecular flexibility index (Phi) is 3.49. The SMILES string of the molecule is CC1C(=O)NC(C)(C)C(=O)N1c1cccc(Cl)c1Cl. The van der Waals surface area contributed by atoms with Gasteiger partial charge in [-0.3, -0.25) is 14.5 Å². The van der Waals surface area contributed by atoms with Crippen LogP contribution in [0.1, 0.15) is 20.8 Å². The van der Waals surface area contributed by atoms with Crippen molar-refractivity contribution >= 4 is 40.7 Å². The van der Waals surface area contributed by atoms with Crippen molar-refractivity contribution in [3.63, 3.8) is 0 Å². The van der Waals surface area contributed by atoms with E-state index in [0.717, 1.165) is 0 Å². The first-order valence-corrected chi connectivity index (χ1v) is 6.61. The Morgan fingerprint density at radius 3 is 2.53 bits per heavy atom. The summed E-state index contributed by atoms with van der Waals surface area (Å²) in [6, 6.07) is 4.38. The van der Waals surface area contributed by atoms with Gasteiger partial charge in [0.05, 0.1) is 15.7 Å². The van der Waals surface area contributed by atoms with Crippen LogP contribution in [0.5, 0.6) is 0 Å². The van der Waals surface area contributed by atoms with E-state index in [1.807, 2.05) is 0 Å². The number of nitrogens with one attached hydrogen (secondary N) is 1. The lowest BCUT2D eigenvalue weighted by Crippen LogP contribution is -2.67. The Labute approximate surface area is 121 Å². The van der Waals surface area contributed by atoms with Gasteiger partial charge in [0, 0.05) is 0 Å². The van der Waals surface area contributed by atoms with Crippen molar-refractivity contribution in [3.05, 3.63) is 28.2 Å². The Hall–Kier alpha value is -1.26. The van der Waals surface area contributed by atoms with E-state index < -0.39 is 11.6 Å². The molecular weight excluding hydrogens is 287 g/mol. The van der Waals surface area contributed by atoms with Crippen LogP contribution in [-0.2, 0) is 9.59 Å². The molecule has 1 unspecified atom stereocenters. The monoisotopic (exact) mass is 300 g/mol. The van der Waals surface area contributed by atoms with E-state index in [1.165, 1.54) is 4.90 Å². The summed E-state index contributed by atoms with van der Waals surface area (Å²) in [4.78, 5) is 25.8. The van der Waals surface area contributed by atoms with Gasteiger partial charge in [0.15, 0.2) is 0 Å². The highest BCUT2D eigenvalue weighted by atomic mass is 35.5. The fourth-order valence-corrected chi connectivity index (χ4v) is 2.44. The standard InChI is InChI=1S/C13H14Cl2N2O2/c1-7-11(18)16-13(2,3)12(19)17(7)9-6-4-5-8(14)10(9)15/h4-7H,1-3H3,(H,16,18). The topological polar surface area (TPSA) is 49.4 Å². The van der Waals surface area contributed by atoms with Gasteiger partial charge >= 0.3 is 0 Å². The van der Waals surface area contributed by atoms with E-state index in [4.69, 9.17) is 23.2 Å². The van der Waals surface area contributed by atoms with Gasteiger partial charge in [-0.1, -0.05) is 29.3 Å². The quantitative estimate of drug-likeness (QED) is 0.867. The first-order chi connectivity index (χ1) is 8.75. The molecular formula is C13H14Cl2N2O2. The normalized spacial score (nSPS) is 22.4. The Balaban J connectivity index is 2.55. The molecule has 1 saturated heterocycles. The van der Waals surface area contributed by atoms with Crippen LogP contribution in [0.3, 0.4) is 0 Å². The highest BCUT2D eigenvalue weighted by molar-refractivity contribution is 6.44. The summed E-state index contributed by atoms with van der Waals surface area (Å²) in [6.07, 6.45) is 0. The molecule has 19 heavy (non-hydrogen) atoms. The molecule has 0 bridgehead atoms. The van der Waals surface area contributed by atoms with Crippen LogP contribution in [0.4, 0.5) is 5.69 Å². The molecule has 1 N–H and O–H groups in total. The molecule has 0 aromatic heterocycles. The van der Waals surface area contributed by atoms with Crippen molar-refractivity contribution in [1.29, 1.82) is 0 Å². The summed E-state index contributed by atoms with van der Waals surface area (Å²) in [7, 11) is 0. The van der Waals surface area contributed by atoms with Crippen molar-refractivity contribution in [3.8, 4) is 0 Å². The number of carbonyl (C=O) groups excluding carboxylic acids is 2. The molecule has 1 aromatic carbocycles. The molecule has 1 aromatic rings. The van der Waals surface area contributed by atoms with E-state index in [-0.39, 0.29) is 16.8 Å². The van der Waals surface area contributed by atoms with Crippen molar-refractivity contribution < 1.29 is 9.59 Å². The lowest BCUT2D eigenvalue weighted by molar-refractivity contribution is -0.136. The van der Waals surface area contributed by atoms with Crippen LogP contribution in [0.15, 0.2) is 18.2 Å². The van der Waals surface area contributed by atoms with Crippen LogP contribution in [0, 0.1) is 0 Å². The minimum Gasteiger partial charge on any atom is -0.340 e. The second kappa shape index (κ2) is 4.69. The third-order valence-electron chi connectivity index (χ3n) is 3.15. The van der Waals surface area contributed by atoms with Crippen LogP contribution >= 0.6 is 23.2 Å². The molecule has 1 heterocycles. The predicted molar refractivity (Wildman–Crippen MR) is 75.6 cm³/mol. The molecule has 102 valence electrons. The average Bonchev–Trinajstić information content (AvgIpc) is 2.32. The molecule has 2 amide bonds. The largest absolute Gasteiger partial charge is 0.340 e. The van der Waals surface area contributed by atoms with Gasteiger partial charge in [0.1, 0.15) is 11.6 Å². The number of halogens is 2. The molecule has 2 rings (SSSR count). The molecule has 0 saturated carbocycles. The Morgan fingerprint density at radius 1 is 1.26 bits per heavy atom. The molecule has 1 aliphatic rings. The van der Waals surface area contributed by atoms with Gasteiger partial charge in [0.25, 0.3) is 5.91 Å². The van der Waals surface area contributed by atoms with Crippen molar-refractivity contribution in [1.82, 2.24) is 5.32 Å². The minimum atomic E-state index is -0.963. The molecule has 4 nitrogen and oxygen atoms in total. The minimum absolute atomic E-state index is 0.219. The molecule has 6 heteroatoms. The van der Waals surface area contributed by atoms with Gasteiger partial charge in [-0.05, 0) is 32.9 Å². The van der Waals surface area contributed by atoms with Crippen LogP contribution in [-0.4, -0.2) is 23.4 Å². The first-order valence-electron chi connectivity index (χ1n) is 5.85. The summed E-state index contributed by atoms with van der Waals surface area (Å²) in [5, 5.41) is 3.31. The first kappa shape index (κ1) is 14.2. The second-order valence-corrected chi connectivity index (χ2v) is 5.82. The highest BCUT2D eigenvalue weighted by Gasteiger charge is 2.44. The fourth-order valence-electron chi connectivity index (χ4n) is 2.06. The number of anilines is 1. The zero-order chi connectivity index (χ0) is 14.4. The smallest absolute Gasteiger partial charge is 0.252 e. The number of hydrogen-bond acceptors (Lipinski definition) is 2. The molecule has 0 aliphatic carbocycles. The van der Waals surface area contributed by atoms with Gasteiger partial charge < -0.3 is 5.32 Å². The summed E-state index contributed by atoms with van der Waals surface area (Å²) in [5.74, 6) is -0.440. The van der Waals surface area contributed by atoms with Gasteiger partial charge in [-0.2, -0.15) is 0 Å². The zero-order valence-corrected chi connectivity index (χ0v) is 12.3. The number of piperazine rings is 1. The van der Waals surface area contributed by atoms with Crippen molar-refractivity contribution in [2.45, 2.75) is 32.4 Å². The number of rotatable bonds is 1. The van der Waals surface area contributed by atoms with E-state index in [1.54, 1.807) is 39.0 Å². The van der Waals surface area contributed by atoms with E-state index in [0.29, 0.717) is 10.7 Å². The highest BCUT2D eigenvalue weighted by Crippen LogP contribution is 2.35. The zero-order valence-electron chi connectivity index (χ0n) is 10.8. The number of benzene rings is 1. The fraction of sp³-hybridized carbons (Fsp3) is 0.385. The van der Waals surface area contributed by atoms with E-state index in [9.17, 15) is 9.59 Å². The maximum atomic E-state index is 12.5. The molecule has 1 aliphatic heterocycles. The number of amides is 2. The van der Waals surface area contributed by atoms with Gasteiger partial charge in [-0.15, -0.1) is 0 Å². The van der Waals surface area contributed by atoms with Crippen LogP contribution in [0.25, 0.3) is 0 Å². The lowest BCUT2D eigenvalue weighted by Gasteiger charge is -2.41. The summed E-state index contributed by atoms with van der Waals surface area (Å²) in [5.41, 5.74) is -0.510. The predicted octanol–water partition coefficient (Wildman–Crippen LogP) is 2.62.